The van der Waals surface area contributed by atoms with Crippen molar-refractivity contribution >= 4 is 5.78 Å². The summed E-state index contributed by atoms with van der Waals surface area (Å²) in [6.45, 7) is 3.93. The van der Waals surface area contributed by atoms with E-state index in [4.69, 9.17) is 0 Å². The van der Waals surface area contributed by atoms with Crippen LogP contribution in [0.2, 0.25) is 0 Å². The molecule has 0 amide bonds. The molecule has 1 heteroatoms. The van der Waals surface area contributed by atoms with Crippen molar-refractivity contribution in [3.63, 3.8) is 0 Å². The Hall–Kier alpha value is -1.11. The lowest BCUT2D eigenvalue weighted by atomic mass is 9.97. The van der Waals surface area contributed by atoms with Gasteiger partial charge in [-0.3, -0.25) is 4.79 Å². The van der Waals surface area contributed by atoms with Gasteiger partial charge in [-0.25, -0.2) is 0 Å². The smallest absolute Gasteiger partial charge is 0.159 e. The number of fused-ring (bicyclic) bond motifs is 1. The van der Waals surface area contributed by atoms with Gasteiger partial charge in [0.05, 0.1) is 0 Å². The number of hydrogen-bond acceptors (Lipinski definition) is 1. The molecule has 1 nitrogen and oxygen atoms in total. The van der Waals surface area contributed by atoms with Gasteiger partial charge >= 0.3 is 0 Å². The molecular weight excluding hydrogens is 244 g/mol. The van der Waals surface area contributed by atoms with Crippen molar-refractivity contribution < 1.29 is 4.79 Å². The summed E-state index contributed by atoms with van der Waals surface area (Å²) in [5.74, 6) is 1.01. The van der Waals surface area contributed by atoms with Gasteiger partial charge < -0.3 is 0 Å². The van der Waals surface area contributed by atoms with Crippen molar-refractivity contribution in [2.24, 2.45) is 5.92 Å². The molecule has 0 radical (unpaired) electrons. The van der Waals surface area contributed by atoms with E-state index in [9.17, 15) is 4.79 Å². The van der Waals surface area contributed by atoms with Crippen LogP contribution in [-0.2, 0) is 12.8 Å². The van der Waals surface area contributed by atoms with E-state index in [0.29, 0.717) is 0 Å². The molecule has 1 aromatic carbocycles. The third kappa shape index (κ3) is 4.19. The Balaban J connectivity index is 1.74. The number of carbonyl (C=O) groups is 1. The van der Waals surface area contributed by atoms with Crippen LogP contribution in [0.4, 0.5) is 0 Å². The third-order valence-electron chi connectivity index (χ3n) is 4.60. The van der Waals surface area contributed by atoms with Crippen LogP contribution >= 0.6 is 0 Å². The lowest BCUT2D eigenvalue weighted by molar-refractivity contribution is 0.101. The quantitative estimate of drug-likeness (QED) is 0.460. The summed E-state index contributed by atoms with van der Waals surface area (Å²) in [5, 5.41) is 0. The van der Waals surface area contributed by atoms with Gasteiger partial charge in [-0.2, -0.15) is 0 Å². The predicted octanol–water partition coefficient (Wildman–Crippen LogP) is 5.35. The molecule has 0 saturated heterocycles. The topological polar surface area (TPSA) is 17.1 Å². The van der Waals surface area contributed by atoms with Gasteiger partial charge in [-0.15, -0.1) is 0 Å². The molecule has 2 rings (SSSR count). The molecule has 0 aliphatic heterocycles. The molecule has 0 saturated carbocycles. The second-order valence-electron chi connectivity index (χ2n) is 6.37. The first kappa shape index (κ1) is 15.3. The normalized spacial score (nSPS) is 17.2. The maximum atomic E-state index is 11.4. The first-order chi connectivity index (χ1) is 9.70. The highest BCUT2D eigenvalue weighted by atomic mass is 16.1. The SMILES string of the molecule is CCCCCCCCC1Cc2ccc(C(C)=O)cc2C1. The molecule has 0 spiro atoms. The number of hydrogen-bond donors (Lipinski definition) is 0. The predicted molar refractivity (Wildman–Crippen MR) is 85.3 cm³/mol. The largest absolute Gasteiger partial charge is 0.295 e. The highest BCUT2D eigenvalue weighted by Gasteiger charge is 2.21. The fourth-order valence-electron chi connectivity index (χ4n) is 3.35. The zero-order valence-corrected chi connectivity index (χ0v) is 13.1. The van der Waals surface area contributed by atoms with Gasteiger partial charge in [0.25, 0.3) is 0 Å². The fourth-order valence-corrected chi connectivity index (χ4v) is 3.35. The van der Waals surface area contributed by atoms with Crippen molar-refractivity contribution in [3.8, 4) is 0 Å². The van der Waals surface area contributed by atoms with Gasteiger partial charge in [-0.1, -0.05) is 57.6 Å². The van der Waals surface area contributed by atoms with Gasteiger partial charge in [0.2, 0.25) is 0 Å². The van der Waals surface area contributed by atoms with Crippen molar-refractivity contribution in [2.75, 3.05) is 0 Å². The molecular formula is C19H28O. The van der Waals surface area contributed by atoms with E-state index in [1.807, 2.05) is 6.07 Å². The van der Waals surface area contributed by atoms with E-state index in [1.54, 1.807) is 6.92 Å². The molecule has 0 heterocycles. The molecule has 1 atom stereocenters. The lowest BCUT2D eigenvalue weighted by Gasteiger charge is -2.08. The molecule has 0 N–H and O–H groups in total. The minimum Gasteiger partial charge on any atom is -0.295 e. The number of rotatable bonds is 8. The molecule has 20 heavy (non-hydrogen) atoms. The summed E-state index contributed by atoms with van der Waals surface area (Å²) < 4.78 is 0. The van der Waals surface area contributed by atoms with Crippen LogP contribution in [0.25, 0.3) is 0 Å². The number of ketones is 1. The Morgan fingerprint density at radius 2 is 1.75 bits per heavy atom. The summed E-state index contributed by atoms with van der Waals surface area (Å²) in [4.78, 5) is 11.4. The summed E-state index contributed by atoms with van der Waals surface area (Å²) in [6, 6.07) is 6.29. The zero-order valence-electron chi connectivity index (χ0n) is 13.1. The number of unbranched alkanes of at least 4 members (excludes halogenated alkanes) is 5. The van der Waals surface area contributed by atoms with Crippen LogP contribution in [0.1, 0.15) is 80.3 Å². The third-order valence-corrected chi connectivity index (χ3v) is 4.60. The van der Waals surface area contributed by atoms with E-state index < -0.39 is 0 Å². The second kappa shape index (κ2) is 7.61. The molecule has 0 aromatic heterocycles. The number of Topliss-reactive ketones (excluding diaryl/α,β-unsaturated/α-hetero) is 1. The van der Waals surface area contributed by atoms with E-state index in [1.165, 1.54) is 68.9 Å². The standard InChI is InChI=1S/C19H28O/c1-3-4-5-6-7-8-9-16-12-18-11-10-17(15(2)20)14-19(18)13-16/h10-11,14,16H,3-9,12-13H2,1-2H3. The monoisotopic (exact) mass is 272 g/mol. The Kier molecular flexibility index (Phi) is 5.82. The zero-order chi connectivity index (χ0) is 14.4. The summed E-state index contributed by atoms with van der Waals surface area (Å²) >= 11 is 0. The molecule has 110 valence electrons. The maximum absolute atomic E-state index is 11.4. The summed E-state index contributed by atoms with van der Waals surface area (Å²) in [5.41, 5.74) is 3.78. The number of benzene rings is 1. The summed E-state index contributed by atoms with van der Waals surface area (Å²) in [7, 11) is 0. The first-order valence-corrected chi connectivity index (χ1v) is 8.33. The van der Waals surface area contributed by atoms with Crippen LogP contribution in [-0.4, -0.2) is 5.78 Å². The Morgan fingerprint density at radius 3 is 2.50 bits per heavy atom. The van der Waals surface area contributed by atoms with Gasteiger partial charge in [0, 0.05) is 5.56 Å². The Bertz CT molecular complexity index is 447. The van der Waals surface area contributed by atoms with Gasteiger partial charge in [0.15, 0.2) is 5.78 Å². The lowest BCUT2D eigenvalue weighted by Crippen LogP contribution is -1.99. The second-order valence-corrected chi connectivity index (χ2v) is 6.37. The van der Waals surface area contributed by atoms with E-state index >= 15 is 0 Å². The Labute approximate surface area is 123 Å². The summed E-state index contributed by atoms with van der Waals surface area (Å²) in [6.07, 6.45) is 12.1. The van der Waals surface area contributed by atoms with E-state index in [2.05, 4.69) is 19.1 Å². The maximum Gasteiger partial charge on any atom is 0.159 e. The highest BCUT2D eigenvalue weighted by molar-refractivity contribution is 5.94. The van der Waals surface area contributed by atoms with Crippen molar-refractivity contribution in [2.45, 2.75) is 71.6 Å². The minimum absolute atomic E-state index is 0.187. The van der Waals surface area contributed by atoms with Crippen LogP contribution in [0.15, 0.2) is 18.2 Å². The average Bonchev–Trinajstić information content (AvgIpc) is 2.84. The van der Waals surface area contributed by atoms with Crippen molar-refractivity contribution in [1.29, 1.82) is 0 Å². The van der Waals surface area contributed by atoms with E-state index in [0.717, 1.165) is 11.5 Å². The molecule has 0 fully saturated rings. The van der Waals surface area contributed by atoms with Crippen LogP contribution in [0.3, 0.4) is 0 Å². The number of carbonyl (C=O) groups excluding carboxylic acids is 1. The Morgan fingerprint density at radius 1 is 1.05 bits per heavy atom. The first-order valence-electron chi connectivity index (χ1n) is 8.33. The minimum atomic E-state index is 0.187. The van der Waals surface area contributed by atoms with Gasteiger partial charge in [-0.05, 0) is 49.3 Å². The fraction of sp³-hybridized carbons (Fsp3) is 0.632. The molecule has 1 aromatic rings. The van der Waals surface area contributed by atoms with Crippen LogP contribution in [0, 0.1) is 5.92 Å². The molecule has 0 bridgehead atoms. The molecule has 1 unspecified atom stereocenters. The highest BCUT2D eigenvalue weighted by Crippen LogP contribution is 2.31. The van der Waals surface area contributed by atoms with Crippen molar-refractivity contribution in [3.05, 3.63) is 34.9 Å². The van der Waals surface area contributed by atoms with Gasteiger partial charge in [0.1, 0.15) is 0 Å². The van der Waals surface area contributed by atoms with E-state index in [-0.39, 0.29) is 5.78 Å². The van der Waals surface area contributed by atoms with Crippen LogP contribution in [0.5, 0.6) is 0 Å². The van der Waals surface area contributed by atoms with Crippen LogP contribution < -0.4 is 0 Å². The van der Waals surface area contributed by atoms with Crippen molar-refractivity contribution in [1.82, 2.24) is 0 Å². The molecule has 1 aliphatic carbocycles. The molecule has 1 aliphatic rings. The average molecular weight is 272 g/mol.